The zero-order chi connectivity index (χ0) is 6.57. The Kier molecular flexibility index (Phi) is 3.65. The van der Waals surface area contributed by atoms with Crippen molar-refractivity contribution in [1.82, 2.24) is 0 Å². The van der Waals surface area contributed by atoms with Gasteiger partial charge in [-0.2, -0.15) is 0 Å². The standard InChI is InChI=1S/C6H11NS/c1-5(2)8-4-6(3)7/h4H,1,7H2,2-3H3/p+1/b6-4-. The summed E-state index contributed by atoms with van der Waals surface area (Å²) in [7, 11) is 0. The SMILES string of the molecule is C=C(C)S/C=C(/C)[NH3+]. The Bertz CT molecular complexity index is 112. The fraction of sp³-hybridized carbons (Fsp3) is 0.333. The van der Waals surface area contributed by atoms with Gasteiger partial charge in [-0.05, 0) is 11.8 Å². The zero-order valence-electron chi connectivity index (χ0n) is 5.40. The van der Waals surface area contributed by atoms with Gasteiger partial charge in [0.15, 0.2) is 0 Å². The van der Waals surface area contributed by atoms with Crippen molar-refractivity contribution in [3.05, 3.63) is 22.6 Å². The molecule has 3 N–H and O–H groups in total. The fourth-order valence-electron chi connectivity index (χ4n) is 0.201. The molecule has 0 fully saturated rings. The van der Waals surface area contributed by atoms with Crippen molar-refractivity contribution in [3.8, 4) is 0 Å². The van der Waals surface area contributed by atoms with E-state index in [1.54, 1.807) is 11.8 Å². The van der Waals surface area contributed by atoms with E-state index in [1.165, 1.54) is 0 Å². The van der Waals surface area contributed by atoms with Crippen LogP contribution in [0.1, 0.15) is 13.8 Å². The van der Waals surface area contributed by atoms with Crippen molar-refractivity contribution in [2.45, 2.75) is 13.8 Å². The van der Waals surface area contributed by atoms with E-state index in [2.05, 4.69) is 12.3 Å². The van der Waals surface area contributed by atoms with Crippen LogP contribution in [0.5, 0.6) is 0 Å². The van der Waals surface area contributed by atoms with E-state index in [9.17, 15) is 0 Å². The van der Waals surface area contributed by atoms with Crippen molar-refractivity contribution in [3.63, 3.8) is 0 Å². The molecular formula is C6H12NS+. The first kappa shape index (κ1) is 7.79. The third kappa shape index (κ3) is 5.79. The molecule has 1 nitrogen and oxygen atoms in total. The van der Waals surface area contributed by atoms with Gasteiger partial charge < -0.3 is 5.73 Å². The van der Waals surface area contributed by atoms with Gasteiger partial charge in [-0.25, -0.2) is 0 Å². The maximum atomic E-state index is 3.72. The van der Waals surface area contributed by atoms with Crippen molar-refractivity contribution < 1.29 is 5.73 Å². The molecule has 0 bridgehead atoms. The number of thioether (sulfide) groups is 1. The molecule has 0 aromatic heterocycles. The summed E-state index contributed by atoms with van der Waals surface area (Å²) in [4.78, 5) is 1.10. The molecule has 0 saturated heterocycles. The second kappa shape index (κ2) is 3.75. The highest BCUT2D eigenvalue weighted by atomic mass is 32.2. The molecule has 2 heteroatoms. The lowest BCUT2D eigenvalue weighted by Crippen LogP contribution is -2.45. The minimum atomic E-state index is 1.08. The first-order valence-corrected chi connectivity index (χ1v) is 3.32. The number of allylic oxidation sites excluding steroid dienone is 2. The van der Waals surface area contributed by atoms with E-state index >= 15 is 0 Å². The summed E-state index contributed by atoms with van der Waals surface area (Å²) in [5.74, 6) is 0. The van der Waals surface area contributed by atoms with Crippen molar-refractivity contribution in [2.75, 3.05) is 0 Å². The molecule has 0 saturated carbocycles. The third-order valence-corrected chi connectivity index (χ3v) is 1.38. The molecule has 0 atom stereocenters. The lowest BCUT2D eigenvalue weighted by Gasteiger charge is -1.87. The lowest BCUT2D eigenvalue weighted by molar-refractivity contribution is -0.301. The normalized spacial score (nSPS) is 11.6. The first-order chi connectivity index (χ1) is 3.63. The minimum Gasteiger partial charge on any atom is -0.329 e. The predicted octanol–water partition coefficient (Wildman–Crippen LogP) is 1.36. The Morgan fingerprint density at radius 2 is 2.12 bits per heavy atom. The molecule has 0 amide bonds. The van der Waals surface area contributed by atoms with E-state index in [1.807, 2.05) is 19.3 Å². The van der Waals surface area contributed by atoms with Crippen LogP contribution >= 0.6 is 11.8 Å². The summed E-state index contributed by atoms with van der Waals surface area (Å²) in [5, 5.41) is 1.99. The Hall–Kier alpha value is -0.210. The van der Waals surface area contributed by atoms with Crippen molar-refractivity contribution in [1.29, 1.82) is 0 Å². The fourth-order valence-corrected chi connectivity index (χ4v) is 0.604. The second-order valence-corrected chi connectivity index (χ2v) is 2.95. The summed E-state index contributed by atoms with van der Waals surface area (Å²) in [5.41, 5.74) is 4.79. The predicted molar refractivity (Wildman–Crippen MR) is 39.1 cm³/mol. The van der Waals surface area contributed by atoms with Gasteiger partial charge in [0.25, 0.3) is 0 Å². The summed E-state index contributed by atoms with van der Waals surface area (Å²) < 4.78 is 0. The Morgan fingerprint density at radius 3 is 2.25 bits per heavy atom. The Morgan fingerprint density at radius 1 is 1.62 bits per heavy atom. The van der Waals surface area contributed by atoms with E-state index < -0.39 is 0 Å². The van der Waals surface area contributed by atoms with Crippen LogP contribution in [0, 0.1) is 0 Å². The van der Waals surface area contributed by atoms with Crippen LogP contribution in [0.2, 0.25) is 0 Å². The van der Waals surface area contributed by atoms with Crippen LogP contribution in [-0.4, -0.2) is 0 Å². The first-order valence-electron chi connectivity index (χ1n) is 2.44. The molecule has 0 spiro atoms. The second-order valence-electron chi connectivity index (χ2n) is 1.78. The maximum absolute atomic E-state index is 3.72. The summed E-state index contributed by atoms with van der Waals surface area (Å²) in [6.45, 7) is 7.66. The number of quaternary nitrogens is 1. The molecule has 8 heavy (non-hydrogen) atoms. The highest BCUT2D eigenvalue weighted by Gasteiger charge is 1.82. The number of rotatable bonds is 2. The van der Waals surface area contributed by atoms with Gasteiger partial charge in [0.1, 0.15) is 5.70 Å². The number of hydrogen-bond donors (Lipinski definition) is 1. The number of hydrogen-bond acceptors (Lipinski definition) is 1. The highest BCUT2D eigenvalue weighted by Crippen LogP contribution is 2.12. The molecule has 0 aliphatic heterocycles. The Labute approximate surface area is 54.6 Å². The van der Waals surface area contributed by atoms with Crippen LogP contribution in [0.3, 0.4) is 0 Å². The van der Waals surface area contributed by atoms with Gasteiger partial charge in [-0.1, -0.05) is 18.3 Å². The van der Waals surface area contributed by atoms with E-state index in [0.717, 1.165) is 10.6 Å². The van der Waals surface area contributed by atoms with Crippen molar-refractivity contribution >= 4 is 11.8 Å². The molecule has 0 heterocycles. The smallest absolute Gasteiger partial charge is 0.107 e. The zero-order valence-corrected chi connectivity index (χ0v) is 6.22. The quantitative estimate of drug-likeness (QED) is 0.600. The molecule has 0 aromatic carbocycles. The molecule has 0 rings (SSSR count). The molecule has 0 radical (unpaired) electrons. The summed E-state index contributed by atoms with van der Waals surface area (Å²) >= 11 is 1.62. The molecule has 0 unspecified atom stereocenters. The van der Waals surface area contributed by atoms with Gasteiger partial charge in [0.2, 0.25) is 0 Å². The van der Waals surface area contributed by atoms with Gasteiger partial charge in [-0.15, -0.1) is 0 Å². The topological polar surface area (TPSA) is 27.6 Å². The van der Waals surface area contributed by atoms with Crippen LogP contribution < -0.4 is 5.73 Å². The van der Waals surface area contributed by atoms with Gasteiger partial charge in [0.05, 0.1) is 0 Å². The van der Waals surface area contributed by atoms with E-state index in [0.29, 0.717) is 0 Å². The Balaban J connectivity index is 3.45. The van der Waals surface area contributed by atoms with Gasteiger partial charge in [-0.3, -0.25) is 0 Å². The molecule has 0 aliphatic carbocycles. The maximum Gasteiger partial charge on any atom is 0.107 e. The third-order valence-electron chi connectivity index (χ3n) is 0.461. The van der Waals surface area contributed by atoms with Crippen molar-refractivity contribution in [2.24, 2.45) is 0 Å². The summed E-state index contributed by atoms with van der Waals surface area (Å²) in [6, 6.07) is 0. The van der Waals surface area contributed by atoms with Gasteiger partial charge in [0, 0.05) is 12.3 Å². The average molecular weight is 130 g/mol. The minimum absolute atomic E-state index is 1.08. The van der Waals surface area contributed by atoms with Crippen LogP contribution in [0.15, 0.2) is 22.6 Å². The average Bonchev–Trinajstić information content (AvgIpc) is 1.61. The van der Waals surface area contributed by atoms with Gasteiger partial charge >= 0.3 is 0 Å². The largest absolute Gasteiger partial charge is 0.329 e. The van der Waals surface area contributed by atoms with E-state index in [4.69, 9.17) is 0 Å². The molecule has 0 aliphatic rings. The summed E-state index contributed by atoms with van der Waals surface area (Å²) in [6.07, 6.45) is 0. The van der Waals surface area contributed by atoms with Crippen LogP contribution in [-0.2, 0) is 0 Å². The van der Waals surface area contributed by atoms with Crippen LogP contribution in [0.4, 0.5) is 0 Å². The molecule has 46 valence electrons. The monoisotopic (exact) mass is 130 g/mol. The van der Waals surface area contributed by atoms with Crippen LogP contribution in [0.25, 0.3) is 0 Å². The lowest BCUT2D eigenvalue weighted by atomic mass is 10.6. The molecule has 0 aromatic rings. The van der Waals surface area contributed by atoms with E-state index in [-0.39, 0.29) is 0 Å². The highest BCUT2D eigenvalue weighted by molar-refractivity contribution is 8.05. The molecular weight excluding hydrogens is 118 g/mol.